The van der Waals surface area contributed by atoms with E-state index in [4.69, 9.17) is 0 Å². The molecule has 7 nitrogen and oxygen atoms in total. The van der Waals surface area contributed by atoms with Gasteiger partial charge in [0.25, 0.3) is 11.8 Å². The van der Waals surface area contributed by atoms with E-state index in [0.29, 0.717) is 24.4 Å². The van der Waals surface area contributed by atoms with Gasteiger partial charge in [0.05, 0.1) is 0 Å². The molecule has 0 spiro atoms. The average Bonchev–Trinajstić information content (AvgIpc) is 3.08. The van der Waals surface area contributed by atoms with Gasteiger partial charge in [0.1, 0.15) is 17.0 Å². The lowest BCUT2D eigenvalue weighted by atomic mass is 9.99. The second-order valence-electron chi connectivity index (χ2n) is 7.80. The molecule has 1 aliphatic heterocycles. The third kappa shape index (κ3) is 4.27. The molecule has 32 heavy (non-hydrogen) atoms. The lowest BCUT2D eigenvalue weighted by molar-refractivity contribution is 0.0938. The fourth-order valence-electron chi connectivity index (χ4n) is 3.81. The molecule has 2 amide bonds. The molecular weight excluding hydrogens is 404 g/mol. The Morgan fingerprint density at radius 1 is 1.25 bits per heavy atom. The van der Waals surface area contributed by atoms with E-state index in [1.54, 1.807) is 24.3 Å². The number of aliphatic hydroxyl groups excluding tert-OH is 1. The standard InChI is InChI=1S/C25H26N4O3/c1-3-16(2)19(17-8-5-4-6-9-17)15-22(30)28-24(31)20-11-10-18-14-21-25(32)26-12-7-13-29(21)23(18)27-20/h4-6,8-11,14-15,30H,3,7,12-13H2,1-2H3,(H,26,32)(H,28,31)/b19-16-,22-15-. The third-order valence-electron chi connectivity index (χ3n) is 5.65. The SMILES string of the molecule is CC/C(C)=C(/C=C(\O)NC(=O)c1ccc2cc3n(c2n1)CCCNC3=O)c1ccccc1. The molecule has 0 fully saturated rings. The van der Waals surface area contributed by atoms with E-state index in [1.165, 1.54) is 0 Å². The van der Waals surface area contributed by atoms with E-state index in [9.17, 15) is 14.7 Å². The summed E-state index contributed by atoms with van der Waals surface area (Å²) >= 11 is 0. The number of benzene rings is 1. The van der Waals surface area contributed by atoms with Gasteiger partial charge >= 0.3 is 0 Å². The number of hydrogen-bond acceptors (Lipinski definition) is 4. The van der Waals surface area contributed by atoms with Crippen molar-refractivity contribution >= 4 is 28.4 Å². The van der Waals surface area contributed by atoms with Crippen molar-refractivity contribution in [1.29, 1.82) is 0 Å². The second kappa shape index (κ2) is 9.09. The van der Waals surface area contributed by atoms with Gasteiger partial charge in [-0.1, -0.05) is 42.8 Å². The van der Waals surface area contributed by atoms with Crippen molar-refractivity contribution in [3.05, 3.63) is 83.0 Å². The van der Waals surface area contributed by atoms with Gasteiger partial charge in [-0.05, 0) is 49.1 Å². The molecule has 2 aromatic heterocycles. The fraction of sp³-hybridized carbons (Fsp3) is 0.240. The predicted octanol–water partition coefficient (Wildman–Crippen LogP) is 4.18. The Morgan fingerprint density at radius 3 is 2.78 bits per heavy atom. The maximum Gasteiger partial charge on any atom is 0.276 e. The summed E-state index contributed by atoms with van der Waals surface area (Å²) in [7, 11) is 0. The molecule has 0 saturated carbocycles. The topological polar surface area (TPSA) is 96.2 Å². The largest absolute Gasteiger partial charge is 0.494 e. The van der Waals surface area contributed by atoms with Crippen LogP contribution in [0.2, 0.25) is 0 Å². The molecular formula is C25H26N4O3. The summed E-state index contributed by atoms with van der Waals surface area (Å²) < 4.78 is 1.84. The average molecular weight is 431 g/mol. The number of aryl methyl sites for hydroxylation is 1. The van der Waals surface area contributed by atoms with Crippen molar-refractivity contribution in [2.45, 2.75) is 33.2 Å². The normalized spacial score (nSPS) is 14.9. The van der Waals surface area contributed by atoms with E-state index in [2.05, 4.69) is 15.6 Å². The van der Waals surface area contributed by atoms with Crippen LogP contribution in [0.15, 0.2) is 66.1 Å². The van der Waals surface area contributed by atoms with E-state index in [1.807, 2.05) is 48.7 Å². The van der Waals surface area contributed by atoms with Gasteiger partial charge in [0.15, 0.2) is 5.88 Å². The van der Waals surface area contributed by atoms with Crippen LogP contribution in [0.4, 0.5) is 0 Å². The molecule has 0 radical (unpaired) electrons. The Bertz CT molecular complexity index is 1240. The number of fused-ring (bicyclic) bond motifs is 3. The molecule has 0 aliphatic carbocycles. The number of aromatic nitrogens is 2. The summed E-state index contributed by atoms with van der Waals surface area (Å²) in [6.07, 6.45) is 3.17. The molecule has 0 saturated heterocycles. The van der Waals surface area contributed by atoms with Gasteiger partial charge in [-0.2, -0.15) is 0 Å². The highest BCUT2D eigenvalue weighted by Crippen LogP contribution is 2.23. The number of carbonyl (C=O) groups is 2. The summed E-state index contributed by atoms with van der Waals surface area (Å²) in [6.45, 7) is 5.29. The second-order valence-corrected chi connectivity index (χ2v) is 7.80. The predicted molar refractivity (Wildman–Crippen MR) is 124 cm³/mol. The molecule has 1 aromatic carbocycles. The zero-order chi connectivity index (χ0) is 22.7. The number of nitrogens with zero attached hydrogens (tertiary/aromatic N) is 2. The maximum atomic E-state index is 12.8. The number of pyridine rings is 1. The summed E-state index contributed by atoms with van der Waals surface area (Å²) in [5, 5.41) is 16.7. The quantitative estimate of drug-likeness (QED) is 0.418. The van der Waals surface area contributed by atoms with Crippen molar-refractivity contribution in [2.75, 3.05) is 6.54 Å². The fourth-order valence-corrected chi connectivity index (χ4v) is 3.81. The zero-order valence-corrected chi connectivity index (χ0v) is 18.2. The first-order valence-electron chi connectivity index (χ1n) is 10.7. The number of amides is 2. The van der Waals surface area contributed by atoms with Crippen molar-refractivity contribution in [2.24, 2.45) is 0 Å². The van der Waals surface area contributed by atoms with Gasteiger partial charge in [-0.25, -0.2) is 4.98 Å². The Kier molecular flexibility index (Phi) is 6.07. The van der Waals surface area contributed by atoms with Crippen LogP contribution < -0.4 is 10.6 Å². The van der Waals surface area contributed by atoms with Crippen LogP contribution in [0.1, 0.15) is 53.2 Å². The molecule has 3 heterocycles. The summed E-state index contributed by atoms with van der Waals surface area (Å²) in [5.74, 6) is -0.911. The van der Waals surface area contributed by atoms with Crippen molar-refractivity contribution in [3.63, 3.8) is 0 Å². The van der Waals surface area contributed by atoms with Gasteiger partial charge < -0.3 is 15.0 Å². The monoisotopic (exact) mass is 430 g/mol. The third-order valence-corrected chi connectivity index (χ3v) is 5.65. The Morgan fingerprint density at radius 2 is 2.03 bits per heavy atom. The highest BCUT2D eigenvalue weighted by atomic mass is 16.3. The highest BCUT2D eigenvalue weighted by Gasteiger charge is 2.20. The van der Waals surface area contributed by atoms with Crippen LogP contribution in [0.5, 0.6) is 0 Å². The Hall–Kier alpha value is -3.87. The Balaban J connectivity index is 1.62. The van der Waals surface area contributed by atoms with Gasteiger partial charge in [0, 0.05) is 24.6 Å². The molecule has 3 N–H and O–H groups in total. The first-order chi connectivity index (χ1) is 15.5. The summed E-state index contributed by atoms with van der Waals surface area (Å²) in [4.78, 5) is 29.5. The first kappa shape index (κ1) is 21.4. The first-order valence-corrected chi connectivity index (χ1v) is 10.7. The van der Waals surface area contributed by atoms with Crippen LogP contribution in [-0.4, -0.2) is 33.0 Å². The molecule has 3 aromatic rings. The number of allylic oxidation sites excluding steroid dienone is 3. The minimum Gasteiger partial charge on any atom is -0.494 e. The lowest BCUT2D eigenvalue weighted by Gasteiger charge is -2.10. The number of nitrogens with one attached hydrogen (secondary N) is 2. The van der Waals surface area contributed by atoms with Crippen molar-refractivity contribution < 1.29 is 14.7 Å². The van der Waals surface area contributed by atoms with Crippen LogP contribution in [0, 0.1) is 0 Å². The maximum absolute atomic E-state index is 12.8. The van der Waals surface area contributed by atoms with Gasteiger partial charge in [-0.15, -0.1) is 0 Å². The van der Waals surface area contributed by atoms with Gasteiger partial charge in [0.2, 0.25) is 0 Å². The van der Waals surface area contributed by atoms with E-state index in [0.717, 1.165) is 34.9 Å². The molecule has 0 bridgehead atoms. The van der Waals surface area contributed by atoms with E-state index >= 15 is 0 Å². The van der Waals surface area contributed by atoms with Gasteiger partial charge in [-0.3, -0.25) is 14.9 Å². The van der Waals surface area contributed by atoms with E-state index < -0.39 is 5.91 Å². The lowest BCUT2D eigenvalue weighted by Crippen LogP contribution is -2.24. The zero-order valence-electron chi connectivity index (χ0n) is 18.2. The highest BCUT2D eigenvalue weighted by molar-refractivity contribution is 6.00. The van der Waals surface area contributed by atoms with E-state index in [-0.39, 0.29) is 17.5 Å². The van der Waals surface area contributed by atoms with Crippen LogP contribution in [-0.2, 0) is 6.54 Å². The molecule has 1 aliphatic rings. The molecule has 164 valence electrons. The summed E-state index contributed by atoms with van der Waals surface area (Å²) in [5.41, 5.74) is 4.20. The van der Waals surface area contributed by atoms with Crippen LogP contribution >= 0.6 is 0 Å². The van der Waals surface area contributed by atoms with Crippen LogP contribution in [0.25, 0.3) is 16.6 Å². The minimum absolute atomic E-state index is 0.140. The number of hydrogen-bond donors (Lipinski definition) is 3. The molecule has 0 atom stereocenters. The summed E-state index contributed by atoms with van der Waals surface area (Å²) in [6, 6.07) is 14.9. The van der Waals surface area contributed by atoms with Crippen molar-refractivity contribution in [3.8, 4) is 0 Å². The molecule has 4 rings (SSSR count). The smallest absolute Gasteiger partial charge is 0.276 e. The van der Waals surface area contributed by atoms with Crippen molar-refractivity contribution in [1.82, 2.24) is 20.2 Å². The minimum atomic E-state index is -0.518. The number of rotatable bonds is 5. The Labute approximate surface area is 186 Å². The molecule has 7 heteroatoms. The number of carbonyl (C=O) groups excluding carboxylic acids is 2. The van der Waals surface area contributed by atoms with Crippen LogP contribution in [0.3, 0.4) is 0 Å². The molecule has 0 unspecified atom stereocenters. The number of aliphatic hydroxyl groups is 1.